The van der Waals surface area contributed by atoms with Crippen LogP contribution in [0.5, 0.6) is 0 Å². The number of ketones is 3. The molecule has 0 bridgehead atoms. The van der Waals surface area contributed by atoms with Crippen molar-refractivity contribution in [2.24, 2.45) is 17.8 Å². The summed E-state index contributed by atoms with van der Waals surface area (Å²) in [4.78, 5) is 53.0. The normalized spacial score (nSPS) is 18.8. The standard InChI is InChI=1S/C32H50N2O5/c1-6-8-10-11-27(35)19-25(18-23-13-15-26(33)16-14-23)31(38)34-28(12-9-7-2)29(36)20-24(17-22(3)4)30(37)32(5)21-39-32/h13-16,22,24-25,28H,6-12,17-21,33H2,1-5H3,(H,34,38)/t24-,25-,28+,32-/m1/s1. The molecule has 1 aromatic rings. The van der Waals surface area contributed by atoms with Crippen molar-refractivity contribution < 1.29 is 23.9 Å². The predicted molar refractivity (Wildman–Crippen MR) is 155 cm³/mol. The maximum absolute atomic E-state index is 13.6. The molecule has 0 unspecified atom stereocenters. The van der Waals surface area contributed by atoms with Gasteiger partial charge >= 0.3 is 0 Å². The largest absolute Gasteiger partial charge is 0.399 e. The third-order valence-corrected chi connectivity index (χ3v) is 7.59. The Kier molecular flexibility index (Phi) is 13.3. The van der Waals surface area contributed by atoms with E-state index in [1.165, 1.54) is 0 Å². The summed E-state index contributed by atoms with van der Waals surface area (Å²) in [5.41, 5.74) is 6.60. The van der Waals surface area contributed by atoms with Gasteiger partial charge in [-0.2, -0.15) is 0 Å². The maximum atomic E-state index is 13.6. The van der Waals surface area contributed by atoms with Gasteiger partial charge in [0.1, 0.15) is 11.4 Å². The topological polar surface area (TPSA) is 119 Å². The number of carbonyl (C=O) groups is 4. The molecule has 2 rings (SSSR count). The van der Waals surface area contributed by atoms with E-state index in [2.05, 4.69) is 12.2 Å². The third kappa shape index (κ3) is 11.2. The summed E-state index contributed by atoms with van der Waals surface area (Å²) in [6, 6.07) is 6.64. The second-order valence-corrected chi connectivity index (χ2v) is 11.9. The number of nitrogens with two attached hydrogens (primary N) is 1. The fourth-order valence-electron chi connectivity index (χ4n) is 5.08. The Bertz CT molecular complexity index is 952. The Labute approximate surface area is 235 Å². The van der Waals surface area contributed by atoms with Crippen molar-refractivity contribution in [3.8, 4) is 0 Å². The van der Waals surface area contributed by atoms with Crippen molar-refractivity contribution in [2.75, 3.05) is 12.3 Å². The molecule has 0 radical (unpaired) electrons. The first-order valence-corrected chi connectivity index (χ1v) is 14.9. The molecule has 0 aromatic heterocycles. The Morgan fingerprint density at radius 2 is 1.62 bits per heavy atom. The molecule has 1 aliphatic heterocycles. The SMILES string of the molecule is CCCCCC(=O)C[C@@H](Cc1ccc(N)cc1)C(=O)N[C@@H](CCCC)C(=O)C[C@@H](CC(C)C)C(=O)[C@@]1(C)CO1. The van der Waals surface area contributed by atoms with Gasteiger partial charge in [-0.3, -0.25) is 19.2 Å². The molecule has 1 amide bonds. The zero-order valence-corrected chi connectivity index (χ0v) is 24.7. The lowest BCUT2D eigenvalue weighted by Crippen LogP contribution is -2.46. The number of unbranched alkanes of at least 4 members (excludes halogenated alkanes) is 3. The van der Waals surface area contributed by atoms with Crippen LogP contribution < -0.4 is 11.1 Å². The minimum absolute atomic E-state index is 0.0241. The minimum Gasteiger partial charge on any atom is -0.399 e. The molecule has 0 aliphatic carbocycles. The third-order valence-electron chi connectivity index (χ3n) is 7.59. The average molecular weight is 543 g/mol. The van der Waals surface area contributed by atoms with Gasteiger partial charge in [-0.15, -0.1) is 0 Å². The van der Waals surface area contributed by atoms with Crippen molar-refractivity contribution >= 4 is 28.9 Å². The van der Waals surface area contributed by atoms with Gasteiger partial charge in [0.05, 0.1) is 12.6 Å². The minimum atomic E-state index is -0.787. The van der Waals surface area contributed by atoms with Crippen LogP contribution in [0.1, 0.15) is 104 Å². The quantitative estimate of drug-likeness (QED) is 0.125. The number of hydrogen-bond acceptors (Lipinski definition) is 6. The maximum Gasteiger partial charge on any atom is 0.224 e. The summed E-state index contributed by atoms with van der Waals surface area (Å²) >= 11 is 0. The lowest BCUT2D eigenvalue weighted by atomic mass is 9.82. The fourth-order valence-corrected chi connectivity index (χ4v) is 5.08. The number of rotatable bonds is 20. The summed E-state index contributed by atoms with van der Waals surface area (Å²) in [6.07, 6.45) is 6.66. The van der Waals surface area contributed by atoms with Gasteiger partial charge in [-0.25, -0.2) is 0 Å². The molecule has 218 valence electrons. The van der Waals surface area contributed by atoms with Crippen LogP contribution in [-0.2, 0) is 30.3 Å². The number of ether oxygens (including phenoxy) is 1. The van der Waals surface area contributed by atoms with Gasteiger partial charge in [0.2, 0.25) is 5.91 Å². The zero-order chi connectivity index (χ0) is 29.0. The molecule has 0 spiro atoms. The lowest BCUT2D eigenvalue weighted by Gasteiger charge is -2.25. The lowest BCUT2D eigenvalue weighted by molar-refractivity contribution is -0.135. The predicted octanol–water partition coefficient (Wildman–Crippen LogP) is 5.62. The number of nitrogen functional groups attached to an aromatic ring is 1. The van der Waals surface area contributed by atoms with Crippen molar-refractivity contribution in [1.82, 2.24) is 5.32 Å². The Morgan fingerprint density at radius 1 is 0.974 bits per heavy atom. The summed E-state index contributed by atoms with van der Waals surface area (Å²) in [6.45, 7) is 10.4. The van der Waals surface area contributed by atoms with E-state index in [9.17, 15) is 19.2 Å². The number of anilines is 1. The highest BCUT2D eigenvalue weighted by molar-refractivity contribution is 5.97. The van der Waals surface area contributed by atoms with E-state index < -0.39 is 23.5 Å². The summed E-state index contributed by atoms with van der Waals surface area (Å²) in [5, 5.41) is 3.00. The van der Waals surface area contributed by atoms with Gasteiger partial charge in [0.25, 0.3) is 0 Å². The Morgan fingerprint density at radius 3 is 2.18 bits per heavy atom. The molecule has 1 heterocycles. The molecule has 7 heteroatoms. The van der Waals surface area contributed by atoms with Crippen LogP contribution in [-0.4, -0.2) is 41.5 Å². The Hall–Kier alpha value is -2.54. The van der Waals surface area contributed by atoms with Crippen LogP contribution in [0.4, 0.5) is 5.69 Å². The molecule has 3 N–H and O–H groups in total. The van der Waals surface area contributed by atoms with Crippen LogP contribution in [0.3, 0.4) is 0 Å². The molecular formula is C32H50N2O5. The van der Waals surface area contributed by atoms with E-state index >= 15 is 0 Å². The van der Waals surface area contributed by atoms with E-state index in [1.54, 1.807) is 19.1 Å². The van der Waals surface area contributed by atoms with Crippen molar-refractivity contribution in [3.05, 3.63) is 29.8 Å². The fraction of sp³-hybridized carbons (Fsp3) is 0.688. The molecule has 1 aliphatic rings. The highest BCUT2D eigenvalue weighted by Crippen LogP contribution is 2.34. The molecule has 1 aromatic carbocycles. The monoisotopic (exact) mass is 542 g/mol. The summed E-state index contributed by atoms with van der Waals surface area (Å²) in [5.74, 6) is -1.13. The van der Waals surface area contributed by atoms with Crippen LogP contribution in [0.25, 0.3) is 0 Å². The second kappa shape index (κ2) is 15.9. The molecule has 1 fully saturated rings. The number of nitrogens with one attached hydrogen (secondary N) is 1. The molecule has 1 saturated heterocycles. The van der Waals surface area contributed by atoms with Gasteiger partial charge < -0.3 is 15.8 Å². The first kappa shape index (κ1) is 32.7. The smallest absolute Gasteiger partial charge is 0.224 e. The first-order valence-electron chi connectivity index (χ1n) is 14.9. The molecule has 39 heavy (non-hydrogen) atoms. The van der Waals surface area contributed by atoms with E-state index in [4.69, 9.17) is 10.5 Å². The van der Waals surface area contributed by atoms with E-state index in [1.807, 2.05) is 32.9 Å². The van der Waals surface area contributed by atoms with Gasteiger partial charge in [-0.05, 0) is 56.2 Å². The van der Waals surface area contributed by atoms with E-state index in [0.29, 0.717) is 38.0 Å². The van der Waals surface area contributed by atoms with Crippen molar-refractivity contribution in [1.29, 1.82) is 0 Å². The van der Waals surface area contributed by atoms with Crippen molar-refractivity contribution in [3.63, 3.8) is 0 Å². The van der Waals surface area contributed by atoms with E-state index in [0.717, 1.165) is 37.7 Å². The Balaban J connectivity index is 2.18. The van der Waals surface area contributed by atoms with Crippen LogP contribution >= 0.6 is 0 Å². The number of amides is 1. The van der Waals surface area contributed by atoms with Crippen molar-refractivity contribution in [2.45, 2.75) is 117 Å². The second-order valence-electron chi connectivity index (χ2n) is 11.9. The number of carbonyl (C=O) groups excluding carboxylic acids is 4. The molecular weight excluding hydrogens is 492 g/mol. The van der Waals surface area contributed by atoms with Crippen LogP contribution in [0, 0.1) is 17.8 Å². The summed E-state index contributed by atoms with van der Waals surface area (Å²) < 4.78 is 5.39. The number of Topliss-reactive ketones (excluding diaryl/α,β-unsaturated/α-hetero) is 3. The zero-order valence-electron chi connectivity index (χ0n) is 24.7. The first-order chi connectivity index (χ1) is 18.5. The van der Waals surface area contributed by atoms with Gasteiger partial charge in [0.15, 0.2) is 11.6 Å². The van der Waals surface area contributed by atoms with E-state index in [-0.39, 0.29) is 42.0 Å². The number of benzene rings is 1. The average Bonchev–Trinajstić information content (AvgIpc) is 3.64. The van der Waals surface area contributed by atoms with Gasteiger partial charge in [0, 0.05) is 36.8 Å². The summed E-state index contributed by atoms with van der Waals surface area (Å²) in [7, 11) is 0. The number of hydrogen-bond donors (Lipinski definition) is 2. The highest BCUT2D eigenvalue weighted by atomic mass is 16.6. The molecule has 4 atom stereocenters. The van der Waals surface area contributed by atoms with Crippen LogP contribution in [0.15, 0.2) is 24.3 Å². The highest BCUT2D eigenvalue weighted by Gasteiger charge is 2.50. The number of epoxide rings is 1. The van der Waals surface area contributed by atoms with Gasteiger partial charge in [-0.1, -0.05) is 65.5 Å². The molecule has 0 saturated carbocycles. The molecule has 7 nitrogen and oxygen atoms in total. The van der Waals surface area contributed by atoms with Crippen LogP contribution in [0.2, 0.25) is 0 Å².